The van der Waals surface area contributed by atoms with E-state index in [-0.39, 0.29) is 19.0 Å². The van der Waals surface area contributed by atoms with Crippen molar-refractivity contribution in [2.24, 2.45) is 5.73 Å². The molecule has 0 radical (unpaired) electrons. The minimum Gasteiger partial charge on any atom is -0.508 e. The topological polar surface area (TPSA) is 63.3 Å². The zero-order chi connectivity index (χ0) is 9.84. The number of aromatic hydroxyl groups is 1. The lowest BCUT2D eigenvalue weighted by atomic mass is 10.0. The van der Waals surface area contributed by atoms with Crippen LogP contribution in [0.3, 0.4) is 0 Å². The lowest BCUT2D eigenvalue weighted by Crippen LogP contribution is -2.20. The van der Waals surface area contributed by atoms with Gasteiger partial charge < -0.3 is 10.8 Å². The van der Waals surface area contributed by atoms with E-state index in [1.165, 1.54) is 12.1 Å². The molecule has 0 saturated carbocycles. The van der Waals surface area contributed by atoms with Crippen LogP contribution in [0.5, 0.6) is 5.75 Å². The number of Topliss-reactive ketones (excluding diaryl/α,β-unsaturated/α-hetero) is 1. The Hall–Kier alpha value is -1.35. The summed E-state index contributed by atoms with van der Waals surface area (Å²) in [7, 11) is 0. The summed E-state index contributed by atoms with van der Waals surface area (Å²) in [6, 6.07) is 5.81. The van der Waals surface area contributed by atoms with E-state index in [4.69, 9.17) is 10.8 Å². The summed E-state index contributed by atoms with van der Waals surface area (Å²) in [5.74, 6) is 0.186. The minimum atomic E-state index is -0.564. The van der Waals surface area contributed by atoms with Crippen molar-refractivity contribution in [2.75, 3.05) is 0 Å². The molecule has 0 aliphatic carbocycles. The normalized spacial score (nSPS) is 11.6. The molecule has 78 valence electrons. The van der Waals surface area contributed by atoms with Crippen molar-refractivity contribution in [3.05, 3.63) is 29.8 Å². The number of hydrogen-bond acceptors (Lipinski definition) is 3. The molecular weight excluding hydrogens is 178 g/mol. The summed E-state index contributed by atoms with van der Waals surface area (Å²) in [6.07, 6.45) is 0.433. The third kappa shape index (κ3) is 2.85. The Morgan fingerprint density at radius 2 is 1.93 bits per heavy atom. The molecule has 0 bridgehead atoms. The number of phenolic OH excluding ortho intramolecular Hbond substituents is 1. The standard InChI is InChI=1S/C10H13NO2.CH4/c1-2-9(13)10(11)7-3-5-8(12)6-4-7;/h3-6,10,12H,2,11H2,1H3;1H4. The summed E-state index contributed by atoms with van der Waals surface area (Å²) in [5.41, 5.74) is 6.41. The molecule has 0 aliphatic rings. The highest BCUT2D eigenvalue weighted by Crippen LogP contribution is 2.16. The van der Waals surface area contributed by atoms with Crippen LogP contribution in [0.4, 0.5) is 0 Å². The van der Waals surface area contributed by atoms with Gasteiger partial charge in [0.2, 0.25) is 0 Å². The zero-order valence-electron chi connectivity index (χ0n) is 7.53. The van der Waals surface area contributed by atoms with Crippen molar-refractivity contribution in [1.29, 1.82) is 0 Å². The highest BCUT2D eigenvalue weighted by molar-refractivity contribution is 5.84. The Morgan fingerprint density at radius 1 is 1.43 bits per heavy atom. The Bertz CT molecular complexity index is 293. The number of ketones is 1. The Kier molecular flexibility index (Phi) is 4.87. The first kappa shape index (κ1) is 12.7. The molecule has 0 heterocycles. The van der Waals surface area contributed by atoms with Crippen molar-refractivity contribution >= 4 is 5.78 Å². The van der Waals surface area contributed by atoms with Crippen molar-refractivity contribution in [1.82, 2.24) is 0 Å². The Balaban J connectivity index is 0.00000169. The molecule has 3 heteroatoms. The SMILES string of the molecule is C.CCC(=O)C(N)c1ccc(O)cc1. The molecule has 0 saturated heterocycles. The summed E-state index contributed by atoms with van der Waals surface area (Å²) in [5, 5.41) is 9.01. The van der Waals surface area contributed by atoms with E-state index in [0.29, 0.717) is 6.42 Å². The number of hydrogen-bond donors (Lipinski definition) is 2. The van der Waals surface area contributed by atoms with E-state index in [1.807, 2.05) is 0 Å². The molecule has 0 fully saturated rings. The summed E-state index contributed by atoms with van der Waals surface area (Å²) < 4.78 is 0. The number of phenols is 1. The smallest absolute Gasteiger partial charge is 0.153 e. The van der Waals surface area contributed by atoms with Gasteiger partial charge in [-0.05, 0) is 17.7 Å². The van der Waals surface area contributed by atoms with Crippen molar-refractivity contribution in [3.63, 3.8) is 0 Å². The van der Waals surface area contributed by atoms with Crippen molar-refractivity contribution in [3.8, 4) is 5.75 Å². The Morgan fingerprint density at radius 3 is 2.36 bits per heavy atom. The van der Waals surface area contributed by atoms with Crippen molar-refractivity contribution < 1.29 is 9.90 Å². The van der Waals surface area contributed by atoms with Gasteiger partial charge in [-0.1, -0.05) is 26.5 Å². The molecule has 1 aromatic carbocycles. The van der Waals surface area contributed by atoms with Gasteiger partial charge in [-0.2, -0.15) is 0 Å². The second kappa shape index (κ2) is 5.40. The number of benzene rings is 1. The van der Waals surface area contributed by atoms with E-state index >= 15 is 0 Å². The van der Waals surface area contributed by atoms with Crippen LogP contribution < -0.4 is 5.73 Å². The van der Waals surface area contributed by atoms with Gasteiger partial charge in [-0.3, -0.25) is 4.79 Å². The molecule has 1 aromatic rings. The molecule has 0 spiro atoms. The van der Waals surface area contributed by atoms with E-state index in [0.717, 1.165) is 5.56 Å². The van der Waals surface area contributed by atoms with Crippen LogP contribution >= 0.6 is 0 Å². The van der Waals surface area contributed by atoms with Crippen LogP contribution in [-0.4, -0.2) is 10.9 Å². The average molecular weight is 195 g/mol. The monoisotopic (exact) mass is 195 g/mol. The maximum absolute atomic E-state index is 11.2. The van der Waals surface area contributed by atoms with Gasteiger partial charge in [-0.25, -0.2) is 0 Å². The number of carbonyl (C=O) groups is 1. The largest absolute Gasteiger partial charge is 0.508 e. The first-order chi connectivity index (χ1) is 6.15. The highest BCUT2D eigenvalue weighted by Gasteiger charge is 2.12. The maximum atomic E-state index is 11.2. The summed E-state index contributed by atoms with van der Waals surface area (Å²) in [6.45, 7) is 1.78. The van der Waals surface area contributed by atoms with E-state index < -0.39 is 6.04 Å². The quantitative estimate of drug-likeness (QED) is 0.775. The molecule has 0 aromatic heterocycles. The number of carbonyl (C=O) groups excluding carboxylic acids is 1. The van der Waals surface area contributed by atoms with E-state index in [1.54, 1.807) is 19.1 Å². The molecule has 1 rings (SSSR count). The van der Waals surface area contributed by atoms with Crippen LogP contribution in [-0.2, 0) is 4.79 Å². The maximum Gasteiger partial charge on any atom is 0.153 e. The lowest BCUT2D eigenvalue weighted by molar-refractivity contribution is -0.120. The Labute approximate surface area is 84.6 Å². The minimum absolute atomic E-state index is 0. The first-order valence-corrected chi connectivity index (χ1v) is 4.22. The van der Waals surface area contributed by atoms with Crippen LogP contribution in [0, 0.1) is 0 Å². The molecule has 1 atom stereocenters. The van der Waals surface area contributed by atoms with Crippen LogP contribution in [0.1, 0.15) is 32.4 Å². The van der Waals surface area contributed by atoms with Crippen LogP contribution in [0.15, 0.2) is 24.3 Å². The summed E-state index contributed by atoms with van der Waals surface area (Å²) in [4.78, 5) is 11.2. The fourth-order valence-electron chi connectivity index (χ4n) is 1.09. The number of nitrogens with two attached hydrogens (primary N) is 1. The third-order valence-corrected chi connectivity index (χ3v) is 1.95. The molecule has 14 heavy (non-hydrogen) atoms. The molecule has 0 aliphatic heterocycles. The van der Waals surface area contributed by atoms with E-state index in [2.05, 4.69) is 0 Å². The van der Waals surface area contributed by atoms with Gasteiger partial charge in [0.05, 0.1) is 6.04 Å². The van der Waals surface area contributed by atoms with Gasteiger partial charge >= 0.3 is 0 Å². The van der Waals surface area contributed by atoms with Gasteiger partial charge in [0, 0.05) is 6.42 Å². The van der Waals surface area contributed by atoms with Crippen LogP contribution in [0.25, 0.3) is 0 Å². The second-order valence-corrected chi connectivity index (χ2v) is 2.89. The fraction of sp³-hybridized carbons (Fsp3) is 0.364. The molecular formula is C11H17NO2. The van der Waals surface area contributed by atoms with Crippen LogP contribution in [0.2, 0.25) is 0 Å². The first-order valence-electron chi connectivity index (χ1n) is 4.22. The van der Waals surface area contributed by atoms with Crippen molar-refractivity contribution in [2.45, 2.75) is 26.8 Å². The second-order valence-electron chi connectivity index (χ2n) is 2.89. The average Bonchev–Trinajstić information content (AvgIpc) is 2.17. The third-order valence-electron chi connectivity index (χ3n) is 1.95. The predicted molar refractivity (Wildman–Crippen MR) is 57.1 cm³/mol. The van der Waals surface area contributed by atoms with Gasteiger partial charge in [0.1, 0.15) is 5.75 Å². The molecule has 3 N–H and O–H groups in total. The van der Waals surface area contributed by atoms with Gasteiger partial charge in [0.15, 0.2) is 5.78 Å². The highest BCUT2D eigenvalue weighted by atomic mass is 16.3. The zero-order valence-corrected chi connectivity index (χ0v) is 7.53. The predicted octanol–water partition coefficient (Wildman–Crippen LogP) is 2.01. The molecule has 1 unspecified atom stereocenters. The lowest BCUT2D eigenvalue weighted by Gasteiger charge is -2.08. The number of rotatable bonds is 3. The molecule has 3 nitrogen and oxygen atoms in total. The van der Waals surface area contributed by atoms with E-state index in [9.17, 15) is 4.79 Å². The van der Waals surface area contributed by atoms with Gasteiger partial charge in [0.25, 0.3) is 0 Å². The summed E-state index contributed by atoms with van der Waals surface area (Å²) >= 11 is 0. The fourth-order valence-corrected chi connectivity index (χ4v) is 1.09. The van der Waals surface area contributed by atoms with Gasteiger partial charge in [-0.15, -0.1) is 0 Å². The molecule has 0 amide bonds.